The lowest BCUT2D eigenvalue weighted by Crippen LogP contribution is -2.63. The molecule has 3 aromatic heterocycles. The lowest BCUT2D eigenvalue weighted by atomic mass is 9.84. The van der Waals surface area contributed by atoms with Gasteiger partial charge in [-0.15, -0.1) is 11.3 Å². The molecule has 15 nitrogen and oxygen atoms in total. The van der Waals surface area contributed by atoms with Gasteiger partial charge < -0.3 is 34.3 Å². The Balaban J connectivity index is 0.00000281. The molecule has 0 unspecified atom stereocenters. The molecule has 2 fully saturated rings. The summed E-state index contributed by atoms with van der Waals surface area (Å²) in [5.74, 6) is -1.59. The van der Waals surface area contributed by atoms with Gasteiger partial charge in [-0.3, -0.25) is 24.4 Å². The van der Waals surface area contributed by atoms with Gasteiger partial charge in [0.25, 0.3) is 5.91 Å². The zero-order valence-electron chi connectivity index (χ0n) is 38.6. The maximum atomic E-state index is 14.5. The fourth-order valence-electron chi connectivity index (χ4n) is 8.93. The predicted molar refractivity (Wildman–Crippen MR) is 275 cm³/mol. The molecule has 3 aliphatic heterocycles. The second-order valence-electron chi connectivity index (χ2n) is 17.8. The normalized spacial score (nSPS) is 19.5. The van der Waals surface area contributed by atoms with Gasteiger partial charge in [0.15, 0.2) is 0 Å². The van der Waals surface area contributed by atoms with Gasteiger partial charge in [0.05, 0.1) is 34.8 Å². The number of ether oxygens (including phenoxy) is 2. The van der Waals surface area contributed by atoms with Gasteiger partial charge in [-0.25, -0.2) is 15.2 Å². The van der Waals surface area contributed by atoms with E-state index in [2.05, 4.69) is 60.3 Å². The molecule has 65 heavy (non-hydrogen) atoms. The molecule has 0 radical (unpaired) electrons. The van der Waals surface area contributed by atoms with E-state index in [-0.39, 0.29) is 97.6 Å². The number of likely N-dealkylation sites (N-methyl/N-ethyl adjacent to an activating group) is 1. The Morgan fingerprint density at radius 2 is 1.85 bits per heavy atom. The smallest absolute Gasteiger partial charge is 0.324 e. The second-order valence-corrected chi connectivity index (χ2v) is 18.8. The average molecular weight is 993 g/mol. The Kier molecular flexibility index (Phi) is 20.2. The number of aryl methyl sites for hydroxylation is 1. The summed E-state index contributed by atoms with van der Waals surface area (Å²) < 4.78 is 14.2. The maximum absolute atomic E-state index is 14.5. The number of urea groups is 1. The van der Waals surface area contributed by atoms with Crippen molar-refractivity contribution in [3.05, 3.63) is 58.2 Å². The highest BCUT2D eigenvalue weighted by Crippen LogP contribution is 2.42. The molecule has 3 N–H and O–H groups in total. The molecular weight excluding hydrogens is 925 g/mol. The van der Waals surface area contributed by atoms with E-state index in [1.165, 1.54) is 21.2 Å². The first-order valence-corrected chi connectivity index (χ1v) is 22.3. The topological polar surface area (TPSA) is 171 Å². The maximum Gasteiger partial charge on any atom is 0.324 e. The van der Waals surface area contributed by atoms with E-state index in [0.29, 0.717) is 50.4 Å². The summed E-state index contributed by atoms with van der Waals surface area (Å²) in [6, 6.07) is 7.39. The van der Waals surface area contributed by atoms with E-state index >= 15 is 0 Å². The van der Waals surface area contributed by atoms with E-state index in [1.54, 1.807) is 25.3 Å². The molecule has 20 heteroatoms. The van der Waals surface area contributed by atoms with Gasteiger partial charge in [0, 0.05) is 98.3 Å². The average Bonchev–Trinajstić information content (AvgIpc) is 3.82. The first kappa shape index (κ1) is 55.8. The number of aromatic nitrogens is 3. The third-order valence-electron chi connectivity index (χ3n) is 12.3. The zero-order valence-corrected chi connectivity index (χ0v) is 43.4. The number of methoxy groups -OCH3 is 1. The standard InChI is InChI=1S/C45H60N8O7S.4H2S/c1-9-52-36-15-14-29-18-31(36)32(40(52)30-12-10-16-46-38(30)27(4)59-8)20-45(5,6)25-60-43(57)33-13-11-17-53(49-33)42(56)34(19-37-47-35(29)24-61-37)48-41(55)39(26(2)3)50(7)44(58)51-21-28(22-51)23-54;;;;/h10,12,14-16,18,24,26-28,33-34,39,49,54H,9,11,13,17,19-23,25H2,1-8H3,(H,48,55);4*1H2/t27-,33-,34-,39-;;;;/m0..../s1. The van der Waals surface area contributed by atoms with Crippen LogP contribution in [0.25, 0.3) is 33.4 Å². The fraction of sp³-hybridized carbons (Fsp3) is 0.556. The van der Waals surface area contributed by atoms with Crippen LogP contribution in [0.15, 0.2) is 41.9 Å². The number of esters is 1. The summed E-state index contributed by atoms with van der Waals surface area (Å²) in [4.78, 5) is 68.9. The van der Waals surface area contributed by atoms with Crippen LogP contribution >= 0.6 is 65.3 Å². The van der Waals surface area contributed by atoms with E-state index in [1.807, 2.05) is 32.2 Å². The van der Waals surface area contributed by atoms with Crippen LogP contribution in [0, 0.1) is 17.3 Å². The second kappa shape index (κ2) is 23.5. The van der Waals surface area contributed by atoms with E-state index < -0.39 is 41.3 Å². The summed E-state index contributed by atoms with van der Waals surface area (Å²) >= 11 is 1.41. The first-order chi connectivity index (χ1) is 29.1. The number of hydrazine groups is 1. The van der Waals surface area contributed by atoms with Crippen molar-refractivity contribution < 1.29 is 33.8 Å². The molecule has 2 saturated heterocycles. The number of amides is 4. The minimum atomic E-state index is -1.06. The van der Waals surface area contributed by atoms with Crippen LogP contribution in [0.4, 0.5) is 4.79 Å². The number of thiazole rings is 1. The monoisotopic (exact) mass is 992 g/mol. The van der Waals surface area contributed by atoms with Crippen molar-refractivity contribution in [3.8, 4) is 22.5 Å². The third-order valence-corrected chi connectivity index (χ3v) is 13.1. The Bertz CT molecular complexity index is 2280. The van der Waals surface area contributed by atoms with Crippen LogP contribution in [0.1, 0.15) is 76.8 Å². The molecule has 4 amide bonds. The molecule has 3 aliphatic rings. The number of nitrogens with zero attached hydrogens (tertiary/aromatic N) is 6. The Morgan fingerprint density at radius 3 is 2.51 bits per heavy atom. The molecule has 4 aromatic rings. The Hall–Kier alpha value is -3.50. The van der Waals surface area contributed by atoms with Gasteiger partial charge >= 0.3 is 12.0 Å². The van der Waals surface area contributed by atoms with Crippen LogP contribution in [0.2, 0.25) is 0 Å². The van der Waals surface area contributed by atoms with Crippen LogP contribution in [-0.4, -0.2) is 123 Å². The number of rotatable bonds is 9. The van der Waals surface area contributed by atoms with Gasteiger partial charge in [-0.1, -0.05) is 33.8 Å². The number of benzene rings is 1. The van der Waals surface area contributed by atoms with E-state index in [9.17, 15) is 24.3 Å². The number of pyridine rings is 1. The van der Waals surface area contributed by atoms with Crippen LogP contribution in [0.5, 0.6) is 0 Å². The number of likely N-dealkylation sites (tertiary alicyclic amines) is 1. The van der Waals surface area contributed by atoms with Crippen molar-refractivity contribution in [2.45, 2.75) is 98.0 Å². The molecule has 360 valence electrons. The highest BCUT2D eigenvalue weighted by atomic mass is 32.1. The SMILES string of the molecule is CCn1c(-c2cccnc2[C@H](C)OC)c2c3cc(ccc31)-c1csc(n1)C[C@H](NC(=O)[C@H](C(C)C)N(C)C(=O)N1CC(CO)C1)C(=O)N1CCC[C@H](N1)C(=O)OCC(C)(C)C2.S.S.S.S. The van der Waals surface area contributed by atoms with Crippen molar-refractivity contribution in [3.63, 3.8) is 0 Å². The van der Waals surface area contributed by atoms with Gasteiger partial charge in [-0.05, 0) is 68.9 Å². The summed E-state index contributed by atoms with van der Waals surface area (Å²) in [6.07, 6.45) is 3.24. The van der Waals surface area contributed by atoms with E-state index in [4.69, 9.17) is 19.4 Å². The number of carbonyl (C=O) groups excluding carboxylic acids is 4. The lowest BCUT2D eigenvalue weighted by Gasteiger charge is -2.42. The molecule has 0 saturated carbocycles. The van der Waals surface area contributed by atoms with Crippen molar-refractivity contribution in [1.29, 1.82) is 0 Å². The van der Waals surface area contributed by atoms with Gasteiger partial charge in [0.2, 0.25) is 5.91 Å². The van der Waals surface area contributed by atoms with Gasteiger partial charge in [-0.2, -0.15) is 54.0 Å². The van der Waals surface area contributed by atoms with Gasteiger partial charge in [0.1, 0.15) is 18.1 Å². The minimum absolute atomic E-state index is 0. The number of hydrogen-bond donors (Lipinski definition) is 3. The molecule has 6 bridgehead atoms. The highest BCUT2D eigenvalue weighted by molar-refractivity contribution is 7.59. The summed E-state index contributed by atoms with van der Waals surface area (Å²) in [5.41, 5.74) is 9.30. The first-order valence-electron chi connectivity index (χ1n) is 21.4. The largest absolute Gasteiger partial charge is 0.464 e. The summed E-state index contributed by atoms with van der Waals surface area (Å²) in [7, 11) is 3.28. The number of fused-ring (bicyclic) bond motifs is 6. The predicted octanol–water partition coefficient (Wildman–Crippen LogP) is 5.65. The molecular formula is C45H68N8O7S5. The minimum Gasteiger partial charge on any atom is -0.464 e. The van der Waals surface area contributed by atoms with Crippen molar-refractivity contribution in [2.24, 2.45) is 17.3 Å². The molecule has 6 heterocycles. The summed E-state index contributed by atoms with van der Waals surface area (Å²) in [6.45, 7) is 14.0. The Morgan fingerprint density at radius 1 is 1.12 bits per heavy atom. The lowest BCUT2D eigenvalue weighted by molar-refractivity contribution is -0.155. The van der Waals surface area contributed by atoms with Crippen LogP contribution in [-0.2, 0) is 43.2 Å². The molecule has 7 rings (SSSR count). The van der Waals surface area contributed by atoms with Crippen molar-refractivity contribution in [2.75, 3.05) is 47.0 Å². The van der Waals surface area contributed by atoms with Crippen molar-refractivity contribution in [1.82, 2.24) is 40.1 Å². The molecule has 0 spiro atoms. The number of nitrogens with one attached hydrogen (secondary N) is 2. The van der Waals surface area contributed by atoms with Crippen molar-refractivity contribution >= 4 is 100 Å². The van der Waals surface area contributed by atoms with E-state index in [0.717, 1.165) is 44.7 Å². The number of cyclic esters (lactones) is 1. The zero-order chi connectivity index (χ0) is 43.7. The quantitative estimate of drug-likeness (QED) is 0.178. The number of aliphatic hydroxyl groups excluding tert-OH is 1. The number of hydrogen-bond acceptors (Lipinski definition) is 11. The Labute approximate surface area is 414 Å². The fourth-order valence-corrected chi connectivity index (χ4v) is 9.78. The van der Waals surface area contributed by atoms with Crippen LogP contribution < -0.4 is 10.7 Å². The number of aliphatic hydroxyl groups is 1. The third kappa shape index (κ3) is 11.8. The molecule has 1 aromatic carbocycles. The molecule has 0 aliphatic carbocycles. The molecule has 4 atom stereocenters. The van der Waals surface area contributed by atoms with Crippen LogP contribution in [0.3, 0.4) is 0 Å². The number of carbonyl (C=O) groups is 4. The highest BCUT2D eigenvalue weighted by Gasteiger charge is 2.40. The summed E-state index contributed by atoms with van der Waals surface area (Å²) in [5, 5.41) is 17.6.